The zero-order chi connectivity index (χ0) is 11.7. The van der Waals surface area contributed by atoms with Gasteiger partial charge in [0.25, 0.3) is 0 Å². The van der Waals surface area contributed by atoms with E-state index in [1.165, 1.54) is 12.8 Å². The summed E-state index contributed by atoms with van der Waals surface area (Å²) in [5, 5.41) is 3.48. The van der Waals surface area contributed by atoms with Crippen molar-refractivity contribution in [3.63, 3.8) is 0 Å². The Balaban J connectivity index is 1.69. The summed E-state index contributed by atoms with van der Waals surface area (Å²) < 4.78 is 11.9. The van der Waals surface area contributed by atoms with Gasteiger partial charge in [-0.25, -0.2) is 4.98 Å². The number of ether oxygens (including phenoxy) is 2. The lowest BCUT2D eigenvalue weighted by molar-refractivity contribution is -0.0817. The Morgan fingerprint density at radius 3 is 2.94 bits per heavy atom. The van der Waals surface area contributed by atoms with Crippen LogP contribution in [-0.2, 0) is 11.3 Å². The highest BCUT2D eigenvalue weighted by atomic mass is 79.9. The van der Waals surface area contributed by atoms with E-state index in [1.54, 1.807) is 6.20 Å². The number of hydrogen-bond acceptors (Lipinski definition) is 4. The summed E-state index contributed by atoms with van der Waals surface area (Å²) >= 11 is 3.45. The Labute approximate surface area is 109 Å². The smallest absolute Gasteiger partial charge is 0.218 e. The summed E-state index contributed by atoms with van der Waals surface area (Å²) in [5.41, 5.74) is 1.11. The van der Waals surface area contributed by atoms with Gasteiger partial charge in [-0.15, -0.1) is 0 Å². The van der Waals surface area contributed by atoms with Crippen LogP contribution in [0.1, 0.15) is 18.4 Å². The Bertz CT molecular complexity index is 405. The van der Waals surface area contributed by atoms with Gasteiger partial charge in [0.1, 0.15) is 6.10 Å². The van der Waals surface area contributed by atoms with Gasteiger partial charge in [-0.3, -0.25) is 0 Å². The van der Waals surface area contributed by atoms with Crippen molar-refractivity contribution in [3.8, 4) is 5.88 Å². The maximum absolute atomic E-state index is 5.79. The van der Waals surface area contributed by atoms with Crippen LogP contribution in [0.15, 0.2) is 16.7 Å². The van der Waals surface area contributed by atoms with Gasteiger partial charge in [-0.1, -0.05) is 0 Å². The molecular formula is C12H15BrN2O2. The maximum atomic E-state index is 5.79. The Morgan fingerprint density at radius 2 is 2.29 bits per heavy atom. The molecular weight excluding hydrogens is 284 g/mol. The molecule has 17 heavy (non-hydrogen) atoms. The van der Waals surface area contributed by atoms with Crippen LogP contribution in [0.3, 0.4) is 0 Å². The van der Waals surface area contributed by atoms with Gasteiger partial charge in [-0.2, -0.15) is 0 Å². The lowest BCUT2D eigenvalue weighted by Crippen LogP contribution is -2.39. The molecule has 1 aliphatic carbocycles. The third-order valence-electron chi connectivity index (χ3n) is 2.94. The van der Waals surface area contributed by atoms with Crippen molar-refractivity contribution < 1.29 is 9.47 Å². The van der Waals surface area contributed by atoms with Crippen molar-refractivity contribution in [2.45, 2.75) is 31.5 Å². The Morgan fingerprint density at radius 1 is 1.47 bits per heavy atom. The molecule has 1 aromatic heterocycles. The largest absolute Gasteiger partial charge is 0.469 e. The Hall–Kier alpha value is -0.650. The number of hydrogen-bond donors (Lipinski definition) is 1. The minimum Gasteiger partial charge on any atom is -0.469 e. The number of nitrogens with zero attached hydrogens (tertiary/aromatic N) is 1. The minimum absolute atomic E-state index is 0.170. The van der Waals surface area contributed by atoms with E-state index < -0.39 is 0 Å². The van der Waals surface area contributed by atoms with Crippen molar-refractivity contribution >= 4 is 15.9 Å². The highest BCUT2D eigenvalue weighted by Gasteiger charge is 2.24. The van der Waals surface area contributed by atoms with Crippen molar-refractivity contribution in [1.82, 2.24) is 10.3 Å². The standard InChI is InChI=1S/C12H15BrN2O2/c13-9-3-8(4-14-10-1-2-10)12(15-5-9)17-11-6-16-7-11/h3,5,10-11,14H,1-2,4,6-7H2. The fourth-order valence-corrected chi connectivity index (χ4v) is 2.06. The average Bonchev–Trinajstić information content (AvgIpc) is 3.06. The third-order valence-corrected chi connectivity index (χ3v) is 3.37. The fourth-order valence-electron chi connectivity index (χ4n) is 1.68. The molecule has 4 nitrogen and oxygen atoms in total. The van der Waals surface area contributed by atoms with E-state index >= 15 is 0 Å². The molecule has 0 amide bonds. The second-order valence-corrected chi connectivity index (χ2v) is 5.47. The summed E-state index contributed by atoms with van der Waals surface area (Å²) in [6.07, 6.45) is 4.51. The fraction of sp³-hybridized carbons (Fsp3) is 0.583. The molecule has 1 aliphatic heterocycles. The number of pyridine rings is 1. The molecule has 1 saturated carbocycles. The summed E-state index contributed by atoms with van der Waals surface area (Å²) in [6.45, 7) is 2.17. The molecule has 2 heterocycles. The Kier molecular flexibility index (Phi) is 3.31. The van der Waals surface area contributed by atoms with Gasteiger partial charge in [0.2, 0.25) is 5.88 Å². The second-order valence-electron chi connectivity index (χ2n) is 4.55. The van der Waals surface area contributed by atoms with Gasteiger partial charge in [-0.05, 0) is 34.8 Å². The third kappa shape index (κ3) is 2.97. The predicted octanol–water partition coefficient (Wildman–Crippen LogP) is 1.87. The van der Waals surface area contributed by atoms with Gasteiger partial charge >= 0.3 is 0 Å². The first kappa shape index (κ1) is 11.4. The molecule has 2 fully saturated rings. The molecule has 0 bridgehead atoms. The van der Waals surface area contributed by atoms with Crippen LogP contribution >= 0.6 is 15.9 Å². The van der Waals surface area contributed by atoms with Crippen molar-refractivity contribution in [2.75, 3.05) is 13.2 Å². The van der Waals surface area contributed by atoms with Crippen LogP contribution in [0.4, 0.5) is 0 Å². The van der Waals surface area contributed by atoms with Crippen LogP contribution < -0.4 is 10.1 Å². The highest BCUT2D eigenvalue weighted by Crippen LogP contribution is 2.25. The molecule has 1 saturated heterocycles. The first-order chi connectivity index (χ1) is 8.31. The normalized spacial score (nSPS) is 20.1. The van der Waals surface area contributed by atoms with Crippen LogP contribution in [0.2, 0.25) is 0 Å². The average molecular weight is 299 g/mol. The zero-order valence-electron chi connectivity index (χ0n) is 9.49. The van der Waals surface area contributed by atoms with Crippen molar-refractivity contribution in [3.05, 3.63) is 22.3 Å². The lowest BCUT2D eigenvalue weighted by Gasteiger charge is -2.27. The van der Waals surface area contributed by atoms with E-state index in [2.05, 4.69) is 32.3 Å². The molecule has 1 aromatic rings. The number of halogens is 1. The maximum Gasteiger partial charge on any atom is 0.218 e. The topological polar surface area (TPSA) is 43.4 Å². The molecule has 5 heteroatoms. The van der Waals surface area contributed by atoms with Crippen molar-refractivity contribution in [2.24, 2.45) is 0 Å². The number of nitrogens with one attached hydrogen (secondary N) is 1. The second kappa shape index (κ2) is 4.92. The number of aromatic nitrogens is 1. The van der Waals surface area contributed by atoms with Gasteiger partial charge in [0, 0.05) is 28.8 Å². The summed E-state index contributed by atoms with van der Waals surface area (Å²) in [6, 6.07) is 2.76. The first-order valence-corrected chi connectivity index (χ1v) is 6.73. The van der Waals surface area contributed by atoms with Crippen LogP contribution in [0, 0.1) is 0 Å². The van der Waals surface area contributed by atoms with Crippen LogP contribution in [0.25, 0.3) is 0 Å². The molecule has 0 unspecified atom stereocenters. The SMILES string of the molecule is Brc1cnc(OC2COC2)c(CNC2CC2)c1. The highest BCUT2D eigenvalue weighted by molar-refractivity contribution is 9.10. The van der Waals surface area contributed by atoms with E-state index in [4.69, 9.17) is 9.47 Å². The van der Waals surface area contributed by atoms with E-state index in [0.29, 0.717) is 19.3 Å². The molecule has 0 spiro atoms. The minimum atomic E-state index is 0.170. The van der Waals surface area contributed by atoms with Crippen LogP contribution in [-0.4, -0.2) is 30.3 Å². The molecule has 1 N–H and O–H groups in total. The van der Waals surface area contributed by atoms with Crippen molar-refractivity contribution in [1.29, 1.82) is 0 Å². The summed E-state index contributed by atoms with van der Waals surface area (Å²) in [5.74, 6) is 0.731. The van der Waals surface area contributed by atoms with Gasteiger partial charge < -0.3 is 14.8 Å². The predicted molar refractivity (Wildman–Crippen MR) is 67.0 cm³/mol. The van der Waals surface area contributed by atoms with E-state index in [9.17, 15) is 0 Å². The quantitative estimate of drug-likeness (QED) is 0.901. The lowest BCUT2D eigenvalue weighted by atomic mass is 10.2. The molecule has 0 radical (unpaired) electrons. The molecule has 2 aliphatic rings. The first-order valence-electron chi connectivity index (χ1n) is 5.93. The number of rotatable bonds is 5. The van der Waals surface area contributed by atoms with Crippen LogP contribution in [0.5, 0.6) is 5.88 Å². The van der Waals surface area contributed by atoms with Gasteiger partial charge in [0.05, 0.1) is 13.2 Å². The monoisotopic (exact) mass is 298 g/mol. The summed E-state index contributed by atoms with van der Waals surface area (Å²) in [4.78, 5) is 4.33. The zero-order valence-corrected chi connectivity index (χ0v) is 11.1. The van der Waals surface area contributed by atoms with E-state index in [-0.39, 0.29) is 6.10 Å². The molecule has 92 valence electrons. The summed E-state index contributed by atoms with van der Waals surface area (Å²) in [7, 11) is 0. The molecule has 0 aromatic carbocycles. The van der Waals surface area contributed by atoms with E-state index in [1.807, 2.05) is 0 Å². The van der Waals surface area contributed by atoms with E-state index in [0.717, 1.165) is 22.5 Å². The molecule has 3 rings (SSSR count). The molecule has 0 atom stereocenters. The van der Waals surface area contributed by atoms with Gasteiger partial charge in [0.15, 0.2) is 0 Å².